The number of nitrogens with two attached hydrogens (primary N) is 1. The number of hydrazine groups is 1. The van der Waals surface area contributed by atoms with Crippen LogP contribution < -0.4 is 10.6 Å². The first kappa shape index (κ1) is 11.3. The van der Waals surface area contributed by atoms with Gasteiger partial charge in [0.1, 0.15) is 4.90 Å². The predicted molar refractivity (Wildman–Crippen MR) is 60.0 cm³/mol. The highest BCUT2D eigenvalue weighted by atomic mass is 32.2. The van der Waals surface area contributed by atoms with Crippen molar-refractivity contribution in [1.82, 2.24) is 9.99 Å². The highest BCUT2D eigenvalue weighted by Gasteiger charge is 2.17. The number of rotatable bonds is 3. The van der Waals surface area contributed by atoms with Gasteiger partial charge >= 0.3 is 0 Å². The molecule has 1 aliphatic rings. The van der Waals surface area contributed by atoms with Crippen LogP contribution in [0.2, 0.25) is 0 Å². The van der Waals surface area contributed by atoms with Crippen LogP contribution in [0, 0.1) is 0 Å². The van der Waals surface area contributed by atoms with E-state index in [1.165, 1.54) is 12.4 Å². The second-order valence-electron chi connectivity index (χ2n) is 3.72. The maximum atomic E-state index is 11.3. The van der Waals surface area contributed by atoms with Gasteiger partial charge in [0.2, 0.25) is 10.0 Å². The fraction of sp³-hybridized carbons (Fsp3) is 0.444. The molecule has 0 radical (unpaired) electrons. The third-order valence-electron chi connectivity index (χ3n) is 2.48. The number of primary sulfonamides is 1. The van der Waals surface area contributed by atoms with Gasteiger partial charge in [-0.1, -0.05) is 0 Å². The molecule has 0 aliphatic carbocycles. The van der Waals surface area contributed by atoms with Gasteiger partial charge in [0, 0.05) is 25.5 Å². The summed E-state index contributed by atoms with van der Waals surface area (Å²) in [5.41, 5.74) is 3.54. The molecule has 0 atom stereocenters. The van der Waals surface area contributed by atoms with Crippen LogP contribution in [-0.4, -0.2) is 31.5 Å². The minimum absolute atomic E-state index is 0.0295. The molecule has 0 saturated carbocycles. The lowest BCUT2D eigenvalue weighted by Gasteiger charge is -2.19. The number of pyridine rings is 1. The van der Waals surface area contributed by atoms with Gasteiger partial charge in [0.25, 0.3) is 0 Å². The van der Waals surface area contributed by atoms with Crippen molar-refractivity contribution in [2.45, 2.75) is 17.7 Å². The summed E-state index contributed by atoms with van der Waals surface area (Å²) in [6.07, 6.45) is 5.02. The Morgan fingerprint density at radius 1 is 1.38 bits per heavy atom. The Hall–Kier alpha value is -1.18. The molecule has 0 aromatic carbocycles. The largest absolute Gasteiger partial charge is 0.317 e. The molecule has 0 unspecified atom stereocenters. The van der Waals surface area contributed by atoms with E-state index in [0.29, 0.717) is 5.69 Å². The monoisotopic (exact) mass is 242 g/mol. The van der Waals surface area contributed by atoms with E-state index in [-0.39, 0.29) is 4.90 Å². The third kappa shape index (κ3) is 2.49. The van der Waals surface area contributed by atoms with Crippen molar-refractivity contribution in [3.63, 3.8) is 0 Å². The topological polar surface area (TPSA) is 88.3 Å². The SMILES string of the molecule is NS(=O)(=O)c1cnccc1NN1CCCC1. The first-order valence-electron chi connectivity index (χ1n) is 5.06. The van der Waals surface area contributed by atoms with Crippen LogP contribution in [0.4, 0.5) is 5.69 Å². The number of hydrogen-bond donors (Lipinski definition) is 2. The van der Waals surface area contributed by atoms with E-state index in [2.05, 4.69) is 10.4 Å². The summed E-state index contributed by atoms with van der Waals surface area (Å²) in [5, 5.41) is 7.08. The number of aromatic nitrogens is 1. The van der Waals surface area contributed by atoms with Crippen molar-refractivity contribution >= 4 is 15.7 Å². The molecule has 1 aromatic rings. The van der Waals surface area contributed by atoms with Crippen molar-refractivity contribution in [2.24, 2.45) is 5.14 Å². The fourth-order valence-corrected chi connectivity index (χ4v) is 2.33. The van der Waals surface area contributed by atoms with Crippen LogP contribution in [0.15, 0.2) is 23.4 Å². The summed E-state index contributed by atoms with van der Waals surface area (Å²) in [6.45, 7) is 1.82. The molecule has 2 heterocycles. The van der Waals surface area contributed by atoms with Crippen molar-refractivity contribution < 1.29 is 8.42 Å². The molecule has 16 heavy (non-hydrogen) atoms. The van der Waals surface area contributed by atoms with E-state index in [0.717, 1.165) is 25.9 Å². The summed E-state index contributed by atoms with van der Waals surface area (Å²) in [5.74, 6) is 0. The zero-order valence-electron chi connectivity index (χ0n) is 8.76. The van der Waals surface area contributed by atoms with Crippen LogP contribution in [0.25, 0.3) is 0 Å². The summed E-state index contributed by atoms with van der Waals surface area (Å²) in [7, 11) is -3.73. The van der Waals surface area contributed by atoms with Gasteiger partial charge in [0.15, 0.2) is 0 Å². The molecular weight excluding hydrogens is 228 g/mol. The van der Waals surface area contributed by atoms with Crippen LogP contribution in [0.1, 0.15) is 12.8 Å². The van der Waals surface area contributed by atoms with Gasteiger partial charge in [0.05, 0.1) is 5.69 Å². The molecular formula is C9H14N4O2S. The minimum atomic E-state index is -3.73. The lowest BCUT2D eigenvalue weighted by molar-refractivity contribution is 0.409. The summed E-state index contributed by atoms with van der Waals surface area (Å²) >= 11 is 0. The smallest absolute Gasteiger partial charge is 0.241 e. The maximum absolute atomic E-state index is 11.3. The third-order valence-corrected chi connectivity index (χ3v) is 3.41. The van der Waals surface area contributed by atoms with Gasteiger partial charge in [-0.15, -0.1) is 0 Å². The zero-order chi connectivity index (χ0) is 11.6. The molecule has 3 N–H and O–H groups in total. The Morgan fingerprint density at radius 3 is 2.69 bits per heavy atom. The Morgan fingerprint density at radius 2 is 2.06 bits per heavy atom. The fourth-order valence-electron chi connectivity index (χ4n) is 1.70. The van der Waals surface area contributed by atoms with Gasteiger partial charge in [-0.25, -0.2) is 18.6 Å². The Labute approximate surface area is 94.5 Å². The van der Waals surface area contributed by atoms with E-state index < -0.39 is 10.0 Å². The lowest BCUT2D eigenvalue weighted by Crippen LogP contribution is -2.28. The van der Waals surface area contributed by atoms with Gasteiger partial charge < -0.3 is 5.43 Å². The molecule has 0 amide bonds. The van der Waals surface area contributed by atoms with Gasteiger partial charge in [-0.3, -0.25) is 4.98 Å². The van der Waals surface area contributed by atoms with E-state index in [1.54, 1.807) is 6.07 Å². The second kappa shape index (κ2) is 4.36. The van der Waals surface area contributed by atoms with Crippen molar-refractivity contribution in [3.8, 4) is 0 Å². The number of sulfonamides is 1. The first-order valence-corrected chi connectivity index (χ1v) is 6.60. The number of hydrogen-bond acceptors (Lipinski definition) is 5. The van der Waals surface area contributed by atoms with E-state index in [9.17, 15) is 8.42 Å². The maximum Gasteiger partial charge on any atom is 0.241 e. The molecule has 6 nitrogen and oxygen atoms in total. The molecule has 1 aliphatic heterocycles. The molecule has 1 fully saturated rings. The van der Waals surface area contributed by atoms with Crippen LogP contribution in [-0.2, 0) is 10.0 Å². The van der Waals surface area contributed by atoms with Crippen LogP contribution >= 0.6 is 0 Å². The van der Waals surface area contributed by atoms with Crippen molar-refractivity contribution in [3.05, 3.63) is 18.5 Å². The Balaban J connectivity index is 2.26. The first-order chi connectivity index (χ1) is 7.57. The lowest BCUT2D eigenvalue weighted by atomic mass is 10.4. The summed E-state index contributed by atoms with van der Waals surface area (Å²) in [6, 6.07) is 1.61. The highest BCUT2D eigenvalue weighted by Crippen LogP contribution is 2.20. The van der Waals surface area contributed by atoms with E-state index >= 15 is 0 Å². The number of anilines is 1. The standard InChI is InChI=1S/C9H14N4O2S/c10-16(14,15)9-7-11-4-3-8(9)12-13-5-1-2-6-13/h3-4,7H,1-2,5-6H2,(H,11,12)(H2,10,14,15). The van der Waals surface area contributed by atoms with E-state index in [1.807, 2.05) is 5.01 Å². The van der Waals surface area contributed by atoms with Gasteiger partial charge in [-0.05, 0) is 18.9 Å². The Bertz CT molecular complexity index is 468. The summed E-state index contributed by atoms with van der Waals surface area (Å²) in [4.78, 5) is 3.80. The minimum Gasteiger partial charge on any atom is -0.317 e. The molecule has 1 saturated heterocycles. The van der Waals surface area contributed by atoms with E-state index in [4.69, 9.17) is 5.14 Å². The van der Waals surface area contributed by atoms with Crippen LogP contribution in [0.3, 0.4) is 0 Å². The molecule has 88 valence electrons. The molecule has 7 heteroatoms. The highest BCUT2D eigenvalue weighted by molar-refractivity contribution is 7.89. The number of nitrogens with zero attached hydrogens (tertiary/aromatic N) is 2. The van der Waals surface area contributed by atoms with Crippen LogP contribution in [0.5, 0.6) is 0 Å². The molecule has 2 rings (SSSR count). The normalized spacial score (nSPS) is 17.6. The molecule has 0 spiro atoms. The Kier molecular flexibility index (Phi) is 3.08. The van der Waals surface area contributed by atoms with Gasteiger partial charge in [-0.2, -0.15) is 0 Å². The van der Waals surface area contributed by atoms with Crippen molar-refractivity contribution in [2.75, 3.05) is 18.5 Å². The molecule has 0 bridgehead atoms. The summed E-state index contributed by atoms with van der Waals surface area (Å²) < 4.78 is 22.6. The number of nitrogens with one attached hydrogen (secondary N) is 1. The average Bonchev–Trinajstić information content (AvgIpc) is 2.70. The molecule has 1 aromatic heterocycles. The predicted octanol–water partition coefficient (Wildman–Crippen LogP) is 0.152. The average molecular weight is 242 g/mol. The zero-order valence-corrected chi connectivity index (χ0v) is 9.57. The second-order valence-corrected chi connectivity index (χ2v) is 5.25. The quantitative estimate of drug-likeness (QED) is 0.787. The van der Waals surface area contributed by atoms with Crippen molar-refractivity contribution in [1.29, 1.82) is 0 Å².